The molecule has 0 aromatic heterocycles. The van der Waals surface area contributed by atoms with Gasteiger partial charge in [0.2, 0.25) is 0 Å². The fourth-order valence-electron chi connectivity index (χ4n) is 2.61. The van der Waals surface area contributed by atoms with Gasteiger partial charge in [0.05, 0.1) is 6.61 Å². The van der Waals surface area contributed by atoms with E-state index in [1.807, 2.05) is 12.1 Å². The van der Waals surface area contributed by atoms with Gasteiger partial charge >= 0.3 is 0 Å². The predicted octanol–water partition coefficient (Wildman–Crippen LogP) is 2.42. The maximum absolute atomic E-state index is 9.00. The summed E-state index contributed by atoms with van der Waals surface area (Å²) >= 11 is 0. The summed E-state index contributed by atoms with van der Waals surface area (Å²) in [5.41, 5.74) is 2.44. The van der Waals surface area contributed by atoms with Crippen molar-refractivity contribution < 1.29 is 5.11 Å². The highest BCUT2D eigenvalue weighted by atomic mass is 16.3. The molecule has 1 aliphatic rings. The van der Waals surface area contributed by atoms with E-state index in [2.05, 4.69) is 24.5 Å². The molecule has 0 atom stereocenters. The minimum atomic E-state index is 0.146. The third-order valence-electron chi connectivity index (χ3n) is 3.77. The second kappa shape index (κ2) is 5.46. The number of aliphatic hydroxyl groups is 1. The Morgan fingerprint density at radius 1 is 1.12 bits per heavy atom. The Balaban J connectivity index is 1.97. The minimum Gasteiger partial charge on any atom is -0.392 e. The van der Waals surface area contributed by atoms with E-state index >= 15 is 0 Å². The number of rotatable bonds is 3. The van der Waals surface area contributed by atoms with Crippen molar-refractivity contribution in [2.24, 2.45) is 0 Å². The summed E-state index contributed by atoms with van der Waals surface area (Å²) in [6.07, 6.45) is 5.12. The van der Waals surface area contributed by atoms with Crippen LogP contribution in [0.25, 0.3) is 0 Å². The zero-order valence-corrected chi connectivity index (χ0v) is 9.95. The standard InChI is InChI=1S/C14H21NO/c1-15-14-8-6-13(7-9-14)12-4-2-11(10-16)3-5-12/h2-5,13-16H,6-10H2,1H3/t13-,14-. The Bertz CT molecular complexity index is 312. The van der Waals surface area contributed by atoms with Crippen LogP contribution >= 0.6 is 0 Å². The van der Waals surface area contributed by atoms with Crippen LogP contribution in [-0.4, -0.2) is 18.2 Å². The Morgan fingerprint density at radius 2 is 1.75 bits per heavy atom. The van der Waals surface area contributed by atoms with Crippen LogP contribution in [0.1, 0.15) is 42.7 Å². The number of hydrogen-bond donors (Lipinski definition) is 2. The second-order valence-electron chi connectivity index (χ2n) is 4.74. The first-order chi connectivity index (χ1) is 7.83. The number of hydrogen-bond acceptors (Lipinski definition) is 2. The van der Waals surface area contributed by atoms with Crippen molar-refractivity contribution in [3.05, 3.63) is 35.4 Å². The van der Waals surface area contributed by atoms with Gasteiger partial charge in [-0.25, -0.2) is 0 Å². The average molecular weight is 219 g/mol. The zero-order valence-electron chi connectivity index (χ0n) is 9.95. The van der Waals surface area contributed by atoms with Gasteiger partial charge in [-0.15, -0.1) is 0 Å². The lowest BCUT2D eigenvalue weighted by atomic mass is 9.81. The van der Waals surface area contributed by atoms with Crippen molar-refractivity contribution in [3.8, 4) is 0 Å². The van der Waals surface area contributed by atoms with Crippen molar-refractivity contribution in [3.63, 3.8) is 0 Å². The minimum absolute atomic E-state index is 0.146. The molecule has 1 saturated carbocycles. The molecule has 1 aromatic carbocycles. The SMILES string of the molecule is CN[C@H]1CC[C@H](c2ccc(CO)cc2)CC1. The first kappa shape index (κ1) is 11.6. The molecule has 0 bridgehead atoms. The molecule has 2 rings (SSSR count). The van der Waals surface area contributed by atoms with Gasteiger partial charge in [0.15, 0.2) is 0 Å². The molecule has 0 spiro atoms. The van der Waals surface area contributed by atoms with Crippen molar-refractivity contribution in [1.82, 2.24) is 5.32 Å². The van der Waals surface area contributed by atoms with Crippen LogP contribution in [-0.2, 0) is 6.61 Å². The van der Waals surface area contributed by atoms with E-state index in [4.69, 9.17) is 5.11 Å². The van der Waals surface area contributed by atoms with Gasteiger partial charge in [0, 0.05) is 6.04 Å². The zero-order chi connectivity index (χ0) is 11.4. The molecular formula is C14H21NO. The third-order valence-corrected chi connectivity index (χ3v) is 3.77. The van der Waals surface area contributed by atoms with Crippen molar-refractivity contribution in [2.45, 2.75) is 44.2 Å². The fourth-order valence-corrected chi connectivity index (χ4v) is 2.61. The summed E-state index contributed by atoms with van der Waals surface area (Å²) in [5, 5.41) is 12.4. The lowest BCUT2D eigenvalue weighted by molar-refractivity contribution is 0.281. The van der Waals surface area contributed by atoms with Gasteiger partial charge in [0.25, 0.3) is 0 Å². The summed E-state index contributed by atoms with van der Waals surface area (Å²) in [4.78, 5) is 0. The van der Waals surface area contributed by atoms with E-state index in [-0.39, 0.29) is 6.61 Å². The first-order valence-electron chi connectivity index (χ1n) is 6.20. The highest BCUT2D eigenvalue weighted by Crippen LogP contribution is 2.32. The smallest absolute Gasteiger partial charge is 0.0681 e. The molecule has 1 fully saturated rings. The van der Waals surface area contributed by atoms with E-state index < -0.39 is 0 Å². The summed E-state index contributed by atoms with van der Waals surface area (Å²) < 4.78 is 0. The number of nitrogens with one attached hydrogen (secondary N) is 1. The molecule has 2 N–H and O–H groups in total. The molecule has 0 radical (unpaired) electrons. The van der Waals surface area contributed by atoms with Crippen LogP contribution in [0.15, 0.2) is 24.3 Å². The van der Waals surface area contributed by atoms with Gasteiger partial charge in [-0.2, -0.15) is 0 Å². The van der Waals surface area contributed by atoms with Crippen molar-refractivity contribution >= 4 is 0 Å². The maximum Gasteiger partial charge on any atom is 0.0681 e. The summed E-state index contributed by atoms with van der Waals surface area (Å²) in [5.74, 6) is 0.720. The Hall–Kier alpha value is -0.860. The normalized spacial score (nSPS) is 25.6. The lowest BCUT2D eigenvalue weighted by Gasteiger charge is -2.28. The van der Waals surface area contributed by atoms with Crippen LogP contribution in [0, 0.1) is 0 Å². The Kier molecular flexibility index (Phi) is 3.97. The van der Waals surface area contributed by atoms with Crippen molar-refractivity contribution in [2.75, 3.05) is 7.05 Å². The largest absolute Gasteiger partial charge is 0.392 e. The molecular weight excluding hydrogens is 198 g/mol. The van der Waals surface area contributed by atoms with Gasteiger partial charge in [-0.1, -0.05) is 24.3 Å². The maximum atomic E-state index is 9.00. The van der Waals surface area contributed by atoms with Crippen LogP contribution in [0.4, 0.5) is 0 Å². The fraction of sp³-hybridized carbons (Fsp3) is 0.571. The molecule has 2 nitrogen and oxygen atoms in total. The Morgan fingerprint density at radius 3 is 2.25 bits per heavy atom. The molecule has 2 heteroatoms. The molecule has 16 heavy (non-hydrogen) atoms. The van der Waals surface area contributed by atoms with Crippen LogP contribution in [0.2, 0.25) is 0 Å². The monoisotopic (exact) mass is 219 g/mol. The predicted molar refractivity (Wildman–Crippen MR) is 66.4 cm³/mol. The molecule has 0 aliphatic heterocycles. The third kappa shape index (κ3) is 2.63. The summed E-state index contributed by atoms with van der Waals surface area (Å²) in [6.45, 7) is 0.146. The average Bonchev–Trinajstić information content (AvgIpc) is 2.39. The van der Waals surface area contributed by atoms with Gasteiger partial charge < -0.3 is 10.4 Å². The van der Waals surface area contributed by atoms with E-state index in [0.29, 0.717) is 6.04 Å². The van der Waals surface area contributed by atoms with Gasteiger partial charge in [0.1, 0.15) is 0 Å². The number of benzene rings is 1. The molecule has 0 heterocycles. The summed E-state index contributed by atoms with van der Waals surface area (Å²) in [6, 6.07) is 9.15. The summed E-state index contributed by atoms with van der Waals surface area (Å²) in [7, 11) is 2.06. The molecule has 0 unspecified atom stereocenters. The van der Waals surface area contributed by atoms with E-state index in [1.54, 1.807) is 0 Å². The highest BCUT2D eigenvalue weighted by molar-refractivity contribution is 5.25. The molecule has 88 valence electrons. The first-order valence-corrected chi connectivity index (χ1v) is 6.20. The molecule has 0 saturated heterocycles. The van der Waals surface area contributed by atoms with Crippen molar-refractivity contribution in [1.29, 1.82) is 0 Å². The molecule has 1 aliphatic carbocycles. The quantitative estimate of drug-likeness (QED) is 0.818. The topological polar surface area (TPSA) is 32.3 Å². The van der Waals surface area contributed by atoms with E-state index in [0.717, 1.165) is 11.5 Å². The van der Waals surface area contributed by atoms with Crippen LogP contribution in [0.3, 0.4) is 0 Å². The molecule has 0 amide bonds. The Labute approximate surface area is 97.7 Å². The highest BCUT2D eigenvalue weighted by Gasteiger charge is 2.20. The second-order valence-corrected chi connectivity index (χ2v) is 4.74. The van der Waals surface area contributed by atoms with Gasteiger partial charge in [-0.05, 0) is 49.8 Å². The van der Waals surface area contributed by atoms with E-state index in [9.17, 15) is 0 Å². The van der Waals surface area contributed by atoms with E-state index in [1.165, 1.54) is 31.2 Å². The molecule has 1 aromatic rings. The van der Waals surface area contributed by atoms with Gasteiger partial charge in [-0.3, -0.25) is 0 Å². The van der Waals surface area contributed by atoms with Crippen LogP contribution in [0.5, 0.6) is 0 Å². The number of aliphatic hydroxyl groups excluding tert-OH is 1. The lowest BCUT2D eigenvalue weighted by Crippen LogP contribution is -2.29. The van der Waals surface area contributed by atoms with Crippen LogP contribution < -0.4 is 5.32 Å².